The van der Waals surface area contributed by atoms with E-state index in [0.717, 1.165) is 64.3 Å². The van der Waals surface area contributed by atoms with Gasteiger partial charge in [-0.1, -0.05) is 30.3 Å². The van der Waals surface area contributed by atoms with Gasteiger partial charge < -0.3 is 19.7 Å². The number of piperidine rings is 1. The third-order valence-corrected chi connectivity index (χ3v) is 5.63. The highest BCUT2D eigenvalue weighted by Crippen LogP contribution is 2.22. The summed E-state index contributed by atoms with van der Waals surface area (Å²) < 4.78 is 11.4. The number of anilines is 2. The molecule has 1 aromatic carbocycles. The van der Waals surface area contributed by atoms with Crippen LogP contribution in [0.5, 0.6) is 5.88 Å². The first-order chi connectivity index (χ1) is 15.8. The highest BCUT2D eigenvalue weighted by molar-refractivity contribution is 5.88. The number of aromatic nitrogens is 2. The molecule has 3 heterocycles. The van der Waals surface area contributed by atoms with Gasteiger partial charge in [0, 0.05) is 45.3 Å². The predicted octanol–water partition coefficient (Wildman–Crippen LogP) is 2.50. The fourth-order valence-electron chi connectivity index (χ4n) is 3.83. The summed E-state index contributed by atoms with van der Waals surface area (Å²) in [5.41, 5.74) is 1.03. The molecule has 2 N–H and O–H groups in total. The summed E-state index contributed by atoms with van der Waals surface area (Å²) in [4.78, 5) is 26.1. The molecule has 2 aliphatic rings. The second-order valence-electron chi connectivity index (χ2n) is 8.03. The lowest BCUT2D eigenvalue weighted by Crippen LogP contribution is -2.38. The summed E-state index contributed by atoms with van der Waals surface area (Å²) in [6.45, 7) is 6.97. The number of carbonyl (C=O) groups is 1. The van der Waals surface area contributed by atoms with Crippen molar-refractivity contribution in [2.45, 2.75) is 25.8 Å². The van der Waals surface area contributed by atoms with Crippen LogP contribution in [0.15, 0.2) is 36.4 Å². The minimum absolute atomic E-state index is 0.309. The molecule has 32 heavy (non-hydrogen) atoms. The van der Waals surface area contributed by atoms with Crippen molar-refractivity contribution in [2.75, 3.05) is 62.8 Å². The SMILES string of the molecule is O=C(NCc1ccccc1)Nc1cc(OCCN2CCOCC2)nc(N2CCCCC2)n1. The summed E-state index contributed by atoms with van der Waals surface area (Å²) in [7, 11) is 0. The number of nitrogens with zero attached hydrogens (tertiary/aromatic N) is 4. The highest BCUT2D eigenvalue weighted by Gasteiger charge is 2.17. The Labute approximate surface area is 189 Å². The molecule has 1 aromatic heterocycles. The minimum atomic E-state index is -0.309. The van der Waals surface area contributed by atoms with Crippen LogP contribution in [0, 0.1) is 0 Å². The van der Waals surface area contributed by atoms with E-state index in [4.69, 9.17) is 9.47 Å². The molecule has 0 bridgehead atoms. The van der Waals surface area contributed by atoms with Gasteiger partial charge in [-0.25, -0.2) is 4.79 Å². The Balaban J connectivity index is 1.38. The Hall–Kier alpha value is -2.91. The third-order valence-electron chi connectivity index (χ3n) is 5.63. The number of urea groups is 1. The van der Waals surface area contributed by atoms with Crippen LogP contribution in [0.4, 0.5) is 16.6 Å². The molecule has 0 aliphatic carbocycles. The van der Waals surface area contributed by atoms with Crippen LogP contribution >= 0.6 is 0 Å². The molecule has 172 valence electrons. The number of rotatable bonds is 8. The number of nitrogens with one attached hydrogen (secondary N) is 2. The number of ether oxygens (including phenoxy) is 2. The van der Waals surface area contributed by atoms with Gasteiger partial charge in [-0.15, -0.1) is 0 Å². The van der Waals surface area contributed by atoms with Gasteiger partial charge in [-0.05, 0) is 24.8 Å². The Kier molecular flexibility index (Phi) is 8.11. The van der Waals surface area contributed by atoms with Crippen molar-refractivity contribution in [1.82, 2.24) is 20.2 Å². The lowest BCUT2D eigenvalue weighted by molar-refractivity contribution is 0.0320. The summed E-state index contributed by atoms with van der Waals surface area (Å²) in [5, 5.41) is 5.71. The molecule has 0 spiro atoms. The maximum Gasteiger partial charge on any atom is 0.320 e. The first kappa shape index (κ1) is 22.3. The number of morpholine rings is 1. The Morgan fingerprint density at radius 3 is 2.59 bits per heavy atom. The fourth-order valence-corrected chi connectivity index (χ4v) is 3.83. The molecular weight excluding hydrogens is 408 g/mol. The summed E-state index contributed by atoms with van der Waals surface area (Å²) in [5.74, 6) is 1.52. The van der Waals surface area contributed by atoms with Crippen molar-refractivity contribution in [3.05, 3.63) is 42.0 Å². The van der Waals surface area contributed by atoms with Gasteiger partial charge >= 0.3 is 6.03 Å². The van der Waals surface area contributed by atoms with Gasteiger partial charge in [0.2, 0.25) is 11.8 Å². The van der Waals surface area contributed by atoms with E-state index in [0.29, 0.717) is 30.8 Å². The zero-order chi connectivity index (χ0) is 22.0. The molecule has 0 atom stereocenters. The molecule has 0 unspecified atom stereocenters. The van der Waals surface area contributed by atoms with Crippen molar-refractivity contribution in [3.8, 4) is 5.88 Å². The maximum atomic E-state index is 12.4. The van der Waals surface area contributed by atoms with E-state index in [2.05, 4.69) is 30.4 Å². The molecule has 4 rings (SSSR count). The summed E-state index contributed by atoms with van der Waals surface area (Å²) in [6, 6.07) is 11.2. The first-order valence-electron chi connectivity index (χ1n) is 11.4. The van der Waals surface area contributed by atoms with E-state index in [-0.39, 0.29) is 6.03 Å². The maximum absolute atomic E-state index is 12.4. The van der Waals surface area contributed by atoms with E-state index in [1.807, 2.05) is 30.3 Å². The number of hydrogen-bond acceptors (Lipinski definition) is 7. The molecule has 2 saturated heterocycles. The van der Waals surface area contributed by atoms with E-state index in [1.165, 1.54) is 6.42 Å². The average Bonchev–Trinajstić information content (AvgIpc) is 2.84. The third kappa shape index (κ3) is 6.80. The van der Waals surface area contributed by atoms with E-state index in [1.54, 1.807) is 6.07 Å². The zero-order valence-electron chi connectivity index (χ0n) is 18.5. The number of benzene rings is 1. The molecule has 0 saturated carbocycles. The quantitative estimate of drug-likeness (QED) is 0.652. The molecule has 2 aromatic rings. The number of carbonyl (C=O) groups excluding carboxylic acids is 1. The van der Waals surface area contributed by atoms with Gasteiger partial charge in [0.05, 0.1) is 13.2 Å². The predicted molar refractivity (Wildman–Crippen MR) is 123 cm³/mol. The topological polar surface area (TPSA) is 91.8 Å². The lowest BCUT2D eigenvalue weighted by Gasteiger charge is -2.27. The monoisotopic (exact) mass is 440 g/mol. The van der Waals surface area contributed by atoms with Gasteiger partial charge in [-0.2, -0.15) is 9.97 Å². The Morgan fingerprint density at radius 2 is 1.81 bits per heavy atom. The van der Waals surface area contributed by atoms with Crippen LogP contribution < -0.4 is 20.3 Å². The summed E-state index contributed by atoms with van der Waals surface area (Å²) >= 11 is 0. The second-order valence-corrected chi connectivity index (χ2v) is 8.03. The van der Waals surface area contributed by atoms with Crippen molar-refractivity contribution in [3.63, 3.8) is 0 Å². The standard InChI is InChI=1S/C23H32N6O3/c30-23(24-18-19-7-3-1-4-8-19)26-20-17-21(32-16-13-28-11-14-31-15-12-28)27-22(25-20)29-9-5-2-6-10-29/h1,3-4,7-8,17H,2,5-6,9-16,18H2,(H2,24,25,26,27,30). The van der Waals surface area contributed by atoms with Crippen LogP contribution in [0.25, 0.3) is 0 Å². The number of hydrogen-bond donors (Lipinski definition) is 2. The lowest BCUT2D eigenvalue weighted by atomic mass is 10.1. The largest absolute Gasteiger partial charge is 0.476 e. The van der Waals surface area contributed by atoms with Gasteiger partial charge in [0.1, 0.15) is 12.4 Å². The molecular formula is C23H32N6O3. The first-order valence-corrected chi connectivity index (χ1v) is 11.4. The van der Waals surface area contributed by atoms with E-state index in [9.17, 15) is 4.79 Å². The highest BCUT2D eigenvalue weighted by atomic mass is 16.5. The molecule has 2 amide bonds. The average molecular weight is 441 g/mol. The van der Waals surface area contributed by atoms with Crippen LogP contribution in [0.3, 0.4) is 0 Å². The van der Waals surface area contributed by atoms with Crippen molar-refractivity contribution in [2.24, 2.45) is 0 Å². The second kappa shape index (κ2) is 11.6. The van der Waals surface area contributed by atoms with Crippen molar-refractivity contribution in [1.29, 1.82) is 0 Å². The molecule has 9 heteroatoms. The smallest absolute Gasteiger partial charge is 0.320 e. The molecule has 0 radical (unpaired) electrons. The van der Waals surface area contributed by atoms with Gasteiger partial charge in [-0.3, -0.25) is 10.2 Å². The zero-order valence-corrected chi connectivity index (χ0v) is 18.5. The van der Waals surface area contributed by atoms with Crippen LogP contribution in [0.1, 0.15) is 24.8 Å². The number of amides is 2. The van der Waals surface area contributed by atoms with Crippen LogP contribution in [0.2, 0.25) is 0 Å². The fraction of sp³-hybridized carbons (Fsp3) is 0.522. The van der Waals surface area contributed by atoms with Crippen LogP contribution in [-0.4, -0.2) is 73.4 Å². The molecule has 2 aliphatic heterocycles. The van der Waals surface area contributed by atoms with E-state index >= 15 is 0 Å². The van der Waals surface area contributed by atoms with Gasteiger partial charge in [0.15, 0.2) is 0 Å². The van der Waals surface area contributed by atoms with Crippen molar-refractivity contribution < 1.29 is 14.3 Å². The molecule has 2 fully saturated rings. The van der Waals surface area contributed by atoms with E-state index < -0.39 is 0 Å². The normalized spacial score (nSPS) is 17.1. The van der Waals surface area contributed by atoms with Gasteiger partial charge in [0.25, 0.3) is 0 Å². The minimum Gasteiger partial charge on any atom is -0.476 e. The molecule has 9 nitrogen and oxygen atoms in total. The Bertz CT molecular complexity index is 854. The summed E-state index contributed by atoms with van der Waals surface area (Å²) in [6.07, 6.45) is 3.46. The van der Waals surface area contributed by atoms with Crippen molar-refractivity contribution >= 4 is 17.8 Å². The van der Waals surface area contributed by atoms with Crippen LogP contribution in [-0.2, 0) is 11.3 Å². The Morgan fingerprint density at radius 1 is 1.03 bits per heavy atom.